The van der Waals surface area contributed by atoms with Crippen molar-refractivity contribution >= 4 is 23.5 Å². The summed E-state index contributed by atoms with van der Waals surface area (Å²) in [6.45, 7) is 10.3. The third kappa shape index (κ3) is 6.57. The molecule has 2 rings (SSSR count). The van der Waals surface area contributed by atoms with Gasteiger partial charge in [-0.3, -0.25) is 4.52 Å². The van der Waals surface area contributed by atoms with Gasteiger partial charge in [0.15, 0.2) is 6.23 Å². The Morgan fingerprint density at radius 3 is 2.33 bits per heavy atom. The van der Waals surface area contributed by atoms with Crippen molar-refractivity contribution in [2.75, 3.05) is 6.61 Å². The minimum atomic E-state index is -5.61. The molecule has 30 heavy (non-hydrogen) atoms. The first-order chi connectivity index (χ1) is 13.5. The standard InChI is InChI=1S/C13H23N2O12P3/c1-7-5-15(10(4)14-9(7)3)13-12(16)8(2)11(25-13)6-24-29(20,21)27-30(22,23)26-28(17,18)19/h5,8,11-14,16H,3-4,6H2,1-2H3,(H,20,21)(H,22,23)(H2,17,18,19)/t8-,11+,12?,13+/m0/s1. The molecule has 0 aromatic heterocycles. The summed E-state index contributed by atoms with van der Waals surface area (Å²) in [5.74, 6) is -0.246. The second-order valence-electron chi connectivity index (χ2n) is 6.57. The van der Waals surface area contributed by atoms with Crippen molar-refractivity contribution in [1.82, 2.24) is 10.2 Å². The Bertz CT molecular complexity index is 885. The number of nitrogens with one attached hydrogen (secondary N) is 1. The van der Waals surface area contributed by atoms with Gasteiger partial charge in [0.1, 0.15) is 11.9 Å². The van der Waals surface area contributed by atoms with Crippen LogP contribution < -0.4 is 5.32 Å². The highest BCUT2D eigenvalue weighted by atomic mass is 31.3. The molecule has 0 aromatic carbocycles. The number of hydrogen-bond acceptors (Lipinski definition) is 10. The zero-order valence-electron chi connectivity index (χ0n) is 15.9. The van der Waals surface area contributed by atoms with Gasteiger partial charge in [0.25, 0.3) is 0 Å². The summed E-state index contributed by atoms with van der Waals surface area (Å²) in [6, 6.07) is 0. The molecule has 0 amide bonds. The number of aliphatic hydroxyl groups excluding tert-OH is 1. The van der Waals surface area contributed by atoms with Crippen LogP contribution in [0.2, 0.25) is 0 Å². The van der Waals surface area contributed by atoms with E-state index in [9.17, 15) is 23.7 Å². The first-order valence-electron chi connectivity index (χ1n) is 8.25. The molecule has 172 valence electrons. The summed E-state index contributed by atoms with van der Waals surface area (Å²) < 4.78 is 51.4. The van der Waals surface area contributed by atoms with Gasteiger partial charge >= 0.3 is 23.5 Å². The molecule has 0 aliphatic carbocycles. The molecule has 1 saturated heterocycles. The smallest absolute Gasteiger partial charge is 0.388 e. The first-order valence-corrected chi connectivity index (χ1v) is 12.8. The maximum absolute atomic E-state index is 11.8. The van der Waals surface area contributed by atoms with E-state index in [2.05, 4.69) is 31.6 Å². The minimum absolute atomic E-state index is 0.371. The van der Waals surface area contributed by atoms with Gasteiger partial charge in [-0.05, 0) is 12.5 Å². The highest BCUT2D eigenvalue weighted by Crippen LogP contribution is 2.66. The van der Waals surface area contributed by atoms with Gasteiger partial charge in [0, 0.05) is 17.8 Å². The van der Waals surface area contributed by atoms with Crippen LogP contribution >= 0.6 is 23.5 Å². The molecular weight excluding hydrogens is 469 g/mol. The number of nitrogens with zero attached hydrogens (tertiary/aromatic N) is 1. The molecule has 6 atom stereocenters. The van der Waals surface area contributed by atoms with Crippen molar-refractivity contribution in [3.05, 3.63) is 36.4 Å². The van der Waals surface area contributed by atoms with Gasteiger partial charge in [0.2, 0.25) is 0 Å². The minimum Gasteiger partial charge on any atom is -0.388 e. The van der Waals surface area contributed by atoms with E-state index >= 15 is 0 Å². The number of aliphatic hydroxyl groups is 1. The average Bonchev–Trinajstić information content (AvgIpc) is 2.81. The monoisotopic (exact) mass is 492 g/mol. The van der Waals surface area contributed by atoms with Crippen molar-refractivity contribution < 1.29 is 56.3 Å². The fraction of sp³-hybridized carbons (Fsp3) is 0.538. The zero-order valence-corrected chi connectivity index (χ0v) is 18.6. The van der Waals surface area contributed by atoms with Gasteiger partial charge in [-0.25, -0.2) is 13.7 Å². The normalized spacial score (nSPS) is 31.7. The van der Waals surface area contributed by atoms with Crippen LogP contribution in [0.1, 0.15) is 13.8 Å². The summed E-state index contributed by atoms with van der Waals surface area (Å²) in [5.41, 5.74) is 1.36. The molecule has 6 N–H and O–H groups in total. The molecule has 2 aliphatic rings. The van der Waals surface area contributed by atoms with Crippen LogP contribution in [0.3, 0.4) is 0 Å². The van der Waals surface area contributed by atoms with Gasteiger partial charge < -0.3 is 39.6 Å². The molecule has 0 radical (unpaired) electrons. The lowest BCUT2D eigenvalue weighted by molar-refractivity contribution is -0.0699. The lowest BCUT2D eigenvalue weighted by Crippen LogP contribution is -2.44. The molecule has 1 fully saturated rings. The molecule has 0 bridgehead atoms. The lowest BCUT2D eigenvalue weighted by atomic mass is 10.0. The van der Waals surface area contributed by atoms with E-state index in [-0.39, 0.29) is 0 Å². The third-order valence-corrected chi connectivity index (χ3v) is 8.04. The predicted molar refractivity (Wildman–Crippen MR) is 101 cm³/mol. The molecule has 14 nitrogen and oxygen atoms in total. The van der Waals surface area contributed by atoms with Crippen molar-refractivity contribution in [2.24, 2.45) is 5.92 Å². The molecule has 17 heteroatoms. The first kappa shape index (κ1) is 25.4. The lowest BCUT2D eigenvalue weighted by Gasteiger charge is -2.35. The summed E-state index contributed by atoms with van der Waals surface area (Å²) >= 11 is 0. The van der Waals surface area contributed by atoms with E-state index in [1.807, 2.05) is 0 Å². The molecule has 3 unspecified atom stereocenters. The summed E-state index contributed by atoms with van der Waals surface area (Å²) in [5, 5.41) is 13.4. The van der Waals surface area contributed by atoms with E-state index < -0.39 is 54.4 Å². The molecule has 0 saturated carbocycles. The predicted octanol–water partition coefficient (Wildman–Crippen LogP) is 0.845. The Morgan fingerprint density at radius 1 is 1.17 bits per heavy atom. The van der Waals surface area contributed by atoms with Crippen molar-refractivity contribution in [3.8, 4) is 0 Å². The molecular formula is C13H23N2O12P3. The zero-order chi connectivity index (χ0) is 23.1. The largest absolute Gasteiger partial charge is 0.490 e. The number of hydrogen-bond donors (Lipinski definition) is 6. The van der Waals surface area contributed by atoms with Crippen LogP contribution in [0.5, 0.6) is 0 Å². The van der Waals surface area contributed by atoms with E-state index in [1.54, 1.807) is 20.0 Å². The average molecular weight is 492 g/mol. The van der Waals surface area contributed by atoms with E-state index in [0.29, 0.717) is 11.5 Å². The van der Waals surface area contributed by atoms with Crippen LogP contribution in [0.4, 0.5) is 0 Å². The summed E-state index contributed by atoms with van der Waals surface area (Å²) in [4.78, 5) is 37.3. The van der Waals surface area contributed by atoms with Crippen molar-refractivity contribution in [2.45, 2.75) is 32.3 Å². The second-order valence-corrected chi connectivity index (χ2v) is 11.0. The van der Waals surface area contributed by atoms with Gasteiger partial charge in [-0.15, -0.1) is 0 Å². The maximum atomic E-state index is 11.8. The third-order valence-electron chi connectivity index (χ3n) is 4.24. The van der Waals surface area contributed by atoms with Gasteiger partial charge in [-0.1, -0.05) is 20.1 Å². The number of phosphoric ester groups is 1. The fourth-order valence-corrected chi connectivity index (χ4v) is 5.71. The summed E-state index contributed by atoms with van der Waals surface area (Å²) in [6.07, 6.45) is -1.32. The number of allylic oxidation sites excluding steroid dienone is 1. The number of ether oxygens (including phenoxy) is 1. The highest BCUT2D eigenvalue weighted by molar-refractivity contribution is 7.66. The van der Waals surface area contributed by atoms with Crippen LogP contribution in [0.15, 0.2) is 36.4 Å². The molecule has 2 aliphatic heterocycles. The van der Waals surface area contributed by atoms with Gasteiger partial charge in [0.05, 0.1) is 12.7 Å². The molecule has 0 aromatic rings. The maximum Gasteiger partial charge on any atom is 0.490 e. The van der Waals surface area contributed by atoms with Crippen LogP contribution in [-0.4, -0.2) is 54.6 Å². The number of phosphoric acid groups is 3. The Labute approximate surface area is 171 Å². The Morgan fingerprint density at radius 2 is 1.77 bits per heavy atom. The second kappa shape index (κ2) is 8.95. The Kier molecular flexibility index (Phi) is 7.58. The Balaban J connectivity index is 2.03. The SMILES string of the molecule is C=C1NC(=C)N([C@@H]2O[C@H](COP(=O)(O)OP(=O)(O)OP(=O)(O)O)[C@H](C)C2O)C=C1C. The van der Waals surface area contributed by atoms with Crippen LogP contribution in [-0.2, 0) is 31.6 Å². The van der Waals surface area contributed by atoms with E-state index in [1.165, 1.54) is 4.90 Å². The highest BCUT2D eigenvalue weighted by Gasteiger charge is 2.46. The van der Waals surface area contributed by atoms with E-state index in [4.69, 9.17) is 19.4 Å². The van der Waals surface area contributed by atoms with Gasteiger partial charge in [-0.2, -0.15) is 8.62 Å². The van der Waals surface area contributed by atoms with Crippen LogP contribution in [0, 0.1) is 5.92 Å². The number of rotatable bonds is 8. The van der Waals surface area contributed by atoms with Crippen LogP contribution in [0.25, 0.3) is 0 Å². The van der Waals surface area contributed by atoms with E-state index in [0.717, 1.165) is 5.57 Å². The quantitative estimate of drug-likeness (QED) is 0.260. The van der Waals surface area contributed by atoms with Crippen molar-refractivity contribution in [1.29, 1.82) is 0 Å². The van der Waals surface area contributed by atoms with Crippen molar-refractivity contribution in [3.63, 3.8) is 0 Å². The fourth-order valence-electron chi connectivity index (χ4n) is 2.68. The topological polar surface area (TPSA) is 205 Å². The Hall–Kier alpha value is -0.850. The molecule has 0 spiro atoms. The molecule has 2 heterocycles. The summed E-state index contributed by atoms with van der Waals surface area (Å²) in [7, 11) is -16.4.